The molecular formula is C8H11F. The van der Waals surface area contributed by atoms with Gasteiger partial charge in [0.05, 0.1) is 0 Å². The fraction of sp³-hybridized carbons (Fsp3) is 0.750. The van der Waals surface area contributed by atoms with Crippen LogP contribution >= 0.6 is 0 Å². The van der Waals surface area contributed by atoms with Gasteiger partial charge in [0.2, 0.25) is 0 Å². The third kappa shape index (κ3) is 0.577. The second kappa shape index (κ2) is 1.59. The molecule has 1 fully saturated rings. The summed E-state index contributed by atoms with van der Waals surface area (Å²) < 4.78 is 13.0. The molecule has 1 saturated carbocycles. The van der Waals surface area contributed by atoms with Crippen LogP contribution in [0.5, 0.6) is 0 Å². The van der Waals surface area contributed by atoms with Gasteiger partial charge in [0.25, 0.3) is 0 Å². The van der Waals surface area contributed by atoms with E-state index >= 15 is 0 Å². The molecule has 0 nitrogen and oxygen atoms in total. The van der Waals surface area contributed by atoms with Gasteiger partial charge in [-0.1, -0.05) is 18.6 Å². The van der Waals surface area contributed by atoms with Gasteiger partial charge in [0, 0.05) is 5.41 Å². The predicted octanol–water partition coefficient (Wildman–Crippen LogP) is 2.45. The van der Waals surface area contributed by atoms with Gasteiger partial charge >= 0.3 is 0 Å². The molecule has 0 aromatic heterocycles. The van der Waals surface area contributed by atoms with Crippen molar-refractivity contribution in [1.29, 1.82) is 0 Å². The Hall–Kier alpha value is -0.330. The van der Waals surface area contributed by atoms with Crippen LogP contribution in [-0.4, -0.2) is 6.17 Å². The molecule has 0 radical (unpaired) electrons. The monoisotopic (exact) mass is 126 g/mol. The van der Waals surface area contributed by atoms with Gasteiger partial charge < -0.3 is 0 Å². The summed E-state index contributed by atoms with van der Waals surface area (Å²) in [4.78, 5) is 0. The molecule has 2 aliphatic carbocycles. The summed E-state index contributed by atoms with van der Waals surface area (Å²) in [5.74, 6) is 0. The average Bonchev–Trinajstić information content (AvgIpc) is 2.07. The van der Waals surface area contributed by atoms with E-state index in [0.29, 0.717) is 6.42 Å². The molecule has 0 bridgehead atoms. The Morgan fingerprint density at radius 3 is 2.44 bits per heavy atom. The van der Waals surface area contributed by atoms with E-state index in [1.54, 1.807) is 0 Å². The minimum atomic E-state index is -0.550. The highest BCUT2D eigenvalue weighted by molar-refractivity contribution is 5.15. The summed E-state index contributed by atoms with van der Waals surface area (Å²) in [5.41, 5.74) is 0.0278. The van der Waals surface area contributed by atoms with Crippen molar-refractivity contribution < 1.29 is 4.39 Å². The molecule has 0 aliphatic heterocycles. The first-order valence-electron chi connectivity index (χ1n) is 3.65. The highest BCUT2D eigenvalue weighted by Gasteiger charge is 2.44. The third-order valence-electron chi connectivity index (χ3n) is 2.70. The van der Waals surface area contributed by atoms with Crippen LogP contribution < -0.4 is 0 Å². The molecule has 1 unspecified atom stereocenters. The molecule has 1 spiro atoms. The first-order chi connectivity index (χ1) is 4.33. The van der Waals surface area contributed by atoms with E-state index in [0.717, 1.165) is 12.8 Å². The Morgan fingerprint density at radius 2 is 2.22 bits per heavy atom. The van der Waals surface area contributed by atoms with E-state index in [9.17, 15) is 4.39 Å². The van der Waals surface area contributed by atoms with Crippen LogP contribution in [0, 0.1) is 5.41 Å². The summed E-state index contributed by atoms with van der Waals surface area (Å²) in [6, 6.07) is 0. The van der Waals surface area contributed by atoms with Crippen molar-refractivity contribution in [2.24, 2.45) is 5.41 Å². The van der Waals surface area contributed by atoms with Crippen molar-refractivity contribution in [3.05, 3.63) is 12.2 Å². The van der Waals surface area contributed by atoms with Crippen LogP contribution in [0.3, 0.4) is 0 Å². The van der Waals surface area contributed by atoms with Crippen molar-refractivity contribution in [3.8, 4) is 0 Å². The smallest absolute Gasteiger partial charge is 0.113 e. The molecule has 0 aromatic carbocycles. The van der Waals surface area contributed by atoms with Crippen LogP contribution in [0.25, 0.3) is 0 Å². The second-order valence-corrected chi connectivity index (χ2v) is 3.19. The van der Waals surface area contributed by atoms with Gasteiger partial charge in [-0.25, -0.2) is 4.39 Å². The Kier molecular flexibility index (Phi) is 0.961. The zero-order chi connectivity index (χ0) is 6.32. The Morgan fingerprint density at radius 1 is 1.44 bits per heavy atom. The number of hydrogen-bond acceptors (Lipinski definition) is 0. The zero-order valence-electron chi connectivity index (χ0n) is 5.44. The fourth-order valence-corrected chi connectivity index (χ4v) is 1.83. The fourth-order valence-electron chi connectivity index (χ4n) is 1.83. The lowest BCUT2D eigenvalue weighted by Gasteiger charge is -2.38. The molecular weight excluding hydrogens is 115 g/mol. The van der Waals surface area contributed by atoms with Crippen LogP contribution in [0.4, 0.5) is 4.39 Å². The molecule has 0 aromatic rings. The number of rotatable bonds is 0. The molecule has 0 N–H and O–H groups in total. The van der Waals surface area contributed by atoms with Gasteiger partial charge in [-0.05, 0) is 19.3 Å². The highest BCUT2D eigenvalue weighted by atomic mass is 19.1. The van der Waals surface area contributed by atoms with Crippen molar-refractivity contribution in [2.75, 3.05) is 0 Å². The summed E-state index contributed by atoms with van der Waals surface area (Å²) in [6.45, 7) is 0. The van der Waals surface area contributed by atoms with E-state index in [1.807, 2.05) is 6.08 Å². The third-order valence-corrected chi connectivity index (χ3v) is 2.70. The van der Waals surface area contributed by atoms with Crippen molar-refractivity contribution >= 4 is 0 Å². The van der Waals surface area contributed by atoms with E-state index < -0.39 is 6.17 Å². The SMILES string of the molecule is FC1CC=CC12CCC2. The van der Waals surface area contributed by atoms with Crippen LogP contribution in [0.1, 0.15) is 25.7 Å². The Bertz CT molecular complexity index is 145. The van der Waals surface area contributed by atoms with Crippen LogP contribution in [-0.2, 0) is 0 Å². The Labute approximate surface area is 54.8 Å². The van der Waals surface area contributed by atoms with Gasteiger partial charge in [0.15, 0.2) is 0 Å². The zero-order valence-corrected chi connectivity index (χ0v) is 5.44. The minimum absolute atomic E-state index is 0.0278. The summed E-state index contributed by atoms with van der Waals surface area (Å²) in [5, 5.41) is 0. The molecule has 0 saturated heterocycles. The van der Waals surface area contributed by atoms with Gasteiger partial charge in [-0.15, -0.1) is 0 Å². The number of hydrogen-bond donors (Lipinski definition) is 0. The maximum Gasteiger partial charge on any atom is 0.113 e. The molecule has 50 valence electrons. The standard InChI is InChI=1S/C8H11F/c9-7-3-1-4-8(7)5-2-6-8/h1,4,7H,2-3,5-6H2. The maximum absolute atomic E-state index is 13.0. The largest absolute Gasteiger partial charge is 0.246 e. The lowest BCUT2D eigenvalue weighted by molar-refractivity contribution is 0.0853. The summed E-state index contributed by atoms with van der Waals surface area (Å²) >= 11 is 0. The van der Waals surface area contributed by atoms with Crippen LogP contribution in [0.2, 0.25) is 0 Å². The Balaban J connectivity index is 2.17. The predicted molar refractivity (Wildman–Crippen MR) is 34.9 cm³/mol. The molecule has 0 amide bonds. The van der Waals surface area contributed by atoms with E-state index in [1.165, 1.54) is 6.42 Å². The normalized spacial score (nSPS) is 37.2. The average molecular weight is 126 g/mol. The number of allylic oxidation sites excluding steroid dienone is 2. The van der Waals surface area contributed by atoms with Crippen LogP contribution in [0.15, 0.2) is 12.2 Å². The molecule has 0 heterocycles. The molecule has 1 heteroatoms. The first-order valence-corrected chi connectivity index (χ1v) is 3.65. The number of alkyl halides is 1. The number of halogens is 1. The van der Waals surface area contributed by atoms with Crippen molar-refractivity contribution in [2.45, 2.75) is 31.9 Å². The van der Waals surface area contributed by atoms with Gasteiger partial charge in [0.1, 0.15) is 6.17 Å². The molecule has 2 aliphatic rings. The lowest BCUT2D eigenvalue weighted by Crippen LogP contribution is -2.33. The topological polar surface area (TPSA) is 0 Å². The highest BCUT2D eigenvalue weighted by Crippen LogP contribution is 2.50. The first kappa shape index (κ1) is 5.45. The quantitative estimate of drug-likeness (QED) is 0.437. The van der Waals surface area contributed by atoms with Crippen molar-refractivity contribution in [1.82, 2.24) is 0 Å². The lowest BCUT2D eigenvalue weighted by atomic mass is 9.68. The van der Waals surface area contributed by atoms with E-state index in [4.69, 9.17) is 0 Å². The molecule has 1 atom stereocenters. The van der Waals surface area contributed by atoms with Crippen molar-refractivity contribution in [3.63, 3.8) is 0 Å². The minimum Gasteiger partial charge on any atom is -0.246 e. The summed E-state index contributed by atoms with van der Waals surface area (Å²) in [7, 11) is 0. The van der Waals surface area contributed by atoms with Gasteiger partial charge in [-0.3, -0.25) is 0 Å². The second-order valence-electron chi connectivity index (χ2n) is 3.19. The molecule has 9 heavy (non-hydrogen) atoms. The van der Waals surface area contributed by atoms with E-state index in [-0.39, 0.29) is 5.41 Å². The molecule has 2 rings (SSSR count). The van der Waals surface area contributed by atoms with Gasteiger partial charge in [-0.2, -0.15) is 0 Å². The van der Waals surface area contributed by atoms with E-state index in [2.05, 4.69) is 6.08 Å². The maximum atomic E-state index is 13.0. The summed E-state index contributed by atoms with van der Waals surface area (Å²) in [6.07, 6.45) is 7.59.